The maximum Gasteiger partial charge on any atom is 0.441 e. The molecule has 0 aliphatic carbocycles. The summed E-state index contributed by atoms with van der Waals surface area (Å²) in [6, 6.07) is 4.61. The molecule has 2 nitrogen and oxygen atoms in total. The Labute approximate surface area is 117 Å². The Bertz CT molecular complexity index is 440. The van der Waals surface area contributed by atoms with Crippen LogP contribution in [0.25, 0.3) is 0 Å². The van der Waals surface area contributed by atoms with E-state index in [4.69, 9.17) is 34.3 Å². The number of alkyl halides is 3. The van der Waals surface area contributed by atoms with Crippen LogP contribution in [0, 0.1) is 0 Å². The minimum absolute atomic E-state index is 0.102. The Morgan fingerprint density at radius 3 is 2.67 bits per heavy atom. The normalized spacial score (nSPS) is 11.3. The summed E-state index contributed by atoms with van der Waals surface area (Å²) in [5.74, 6) is 0.0741. The summed E-state index contributed by atoms with van der Waals surface area (Å²) >= 11 is 10.4. The van der Waals surface area contributed by atoms with Crippen molar-refractivity contribution >= 4 is 40.6 Å². The molecule has 0 aromatic heterocycles. The lowest BCUT2D eigenvalue weighted by Gasteiger charge is -2.11. The van der Waals surface area contributed by atoms with Gasteiger partial charge in [-0.25, -0.2) is 0 Å². The molecule has 0 aliphatic rings. The first-order valence-corrected chi connectivity index (χ1v) is 6.49. The zero-order chi connectivity index (χ0) is 13.8. The molecular formula is C10H9ClF3NOS2. The van der Waals surface area contributed by atoms with Crippen molar-refractivity contribution in [2.75, 3.05) is 12.4 Å². The predicted octanol–water partition coefficient (Wildman–Crippen LogP) is 3.61. The summed E-state index contributed by atoms with van der Waals surface area (Å²) in [5.41, 5.74) is 1.65. The van der Waals surface area contributed by atoms with Crippen LogP contribution in [0.15, 0.2) is 18.2 Å². The summed E-state index contributed by atoms with van der Waals surface area (Å²) in [6.07, 6.45) is 0. The monoisotopic (exact) mass is 315 g/mol. The fourth-order valence-electron chi connectivity index (χ4n) is 1.13. The lowest BCUT2D eigenvalue weighted by Crippen LogP contribution is -2.13. The van der Waals surface area contributed by atoms with Crippen molar-refractivity contribution in [3.63, 3.8) is 0 Å². The second-order valence-electron chi connectivity index (χ2n) is 3.15. The van der Waals surface area contributed by atoms with Gasteiger partial charge in [0.15, 0.2) is 0 Å². The van der Waals surface area contributed by atoms with Gasteiger partial charge in [-0.05, 0) is 30.0 Å². The third-order valence-electron chi connectivity index (χ3n) is 1.82. The maximum absolute atomic E-state index is 11.9. The predicted molar refractivity (Wildman–Crippen MR) is 71.3 cm³/mol. The van der Waals surface area contributed by atoms with E-state index in [1.165, 1.54) is 6.07 Å². The molecule has 0 radical (unpaired) electrons. The Balaban J connectivity index is 2.61. The Hall–Kier alpha value is -0.660. The zero-order valence-corrected chi connectivity index (χ0v) is 11.3. The first-order valence-electron chi connectivity index (χ1n) is 4.72. The molecule has 0 atom stereocenters. The van der Waals surface area contributed by atoms with Crippen molar-refractivity contribution in [1.82, 2.24) is 0 Å². The highest BCUT2D eigenvalue weighted by Crippen LogP contribution is 2.30. The highest BCUT2D eigenvalue weighted by molar-refractivity contribution is 8.00. The molecule has 0 saturated heterocycles. The second kappa shape index (κ2) is 6.49. The molecule has 1 rings (SSSR count). The molecule has 0 heterocycles. The van der Waals surface area contributed by atoms with Gasteiger partial charge in [-0.1, -0.05) is 23.8 Å². The highest BCUT2D eigenvalue weighted by Gasteiger charge is 2.27. The van der Waals surface area contributed by atoms with E-state index in [0.717, 1.165) is 0 Å². The van der Waals surface area contributed by atoms with Gasteiger partial charge in [0.05, 0.1) is 12.2 Å². The molecule has 0 aliphatic heterocycles. The second-order valence-corrected chi connectivity index (χ2v) is 5.18. The van der Waals surface area contributed by atoms with Crippen LogP contribution < -0.4 is 10.5 Å². The van der Waals surface area contributed by atoms with Gasteiger partial charge in [0.2, 0.25) is 0 Å². The van der Waals surface area contributed by atoms with Crippen LogP contribution in [0.5, 0.6) is 5.75 Å². The average molecular weight is 316 g/mol. The molecule has 18 heavy (non-hydrogen) atoms. The Morgan fingerprint density at radius 1 is 1.44 bits per heavy atom. The number of halogens is 4. The topological polar surface area (TPSA) is 35.2 Å². The Morgan fingerprint density at radius 2 is 2.11 bits per heavy atom. The van der Waals surface area contributed by atoms with Crippen LogP contribution in [-0.4, -0.2) is 22.9 Å². The van der Waals surface area contributed by atoms with Crippen molar-refractivity contribution in [3.8, 4) is 5.75 Å². The van der Waals surface area contributed by atoms with E-state index in [1.807, 2.05) is 0 Å². The van der Waals surface area contributed by atoms with Crippen LogP contribution in [-0.2, 0) is 0 Å². The number of nitrogens with two attached hydrogens (primary N) is 1. The summed E-state index contributed by atoms with van der Waals surface area (Å²) in [5, 5.41) is 0.397. The summed E-state index contributed by atoms with van der Waals surface area (Å²) in [6.45, 7) is -0.111. The zero-order valence-electron chi connectivity index (χ0n) is 8.96. The number of thioether (sulfide) groups is 1. The van der Waals surface area contributed by atoms with Gasteiger partial charge in [0.1, 0.15) is 10.7 Å². The van der Waals surface area contributed by atoms with Crippen molar-refractivity contribution in [1.29, 1.82) is 0 Å². The van der Waals surface area contributed by atoms with Gasteiger partial charge in [0, 0.05) is 10.8 Å². The quantitative estimate of drug-likeness (QED) is 0.665. The first kappa shape index (κ1) is 15.4. The van der Waals surface area contributed by atoms with Gasteiger partial charge in [-0.3, -0.25) is 0 Å². The molecule has 1 aromatic carbocycles. The van der Waals surface area contributed by atoms with Gasteiger partial charge in [-0.15, -0.1) is 0 Å². The molecule has 2 N–H and O–H groups in total. The number of rotatable bonds is 5. The fourth-order valence-corrected chi connectivity index (χ4v) is 1.86. The van der Waals surface area contributed by atoms with Gasteiger partial charge in [0.25, 0.3) is 0 Å². The number of thiocarbonyl (C=S) groups is 1. The SMILES string of the molecule is NC(=S)c1ccc(Cl)cc1OCCSC(F)(F)F. The summed E-state index contributed by atoms with van der Waals surface area (Å²) in [4.78, 5) is 0.102. The number of hydrogen-bond acceptors (Lipinski definition) is 3. The van der Waals surface area contributed by atoms with Crippen molar-refractivity contribution < 1.29 is 17.9 Å². The standard InChI is InChI=1S/C10H9ClF3NOS2/c11-6-1-2-7(9(15)17)8(5-6)16-3-4-18-10(12,13)14/h1-2,5H,3-4H2,(H2,15,17). The molecule has 1 aromatic rings. The van der Waals surface area contributed by atoms with Crippen molar-refractivity contribution in [3.05, 3.63) is 28.8 Å². The minimum atomic E-state index is -4.26. The molecule has 0 saturated carbocycles. The third kappa shape index (κ3) is 5.32. The summed E-state index contributed by atoms with van der Waals surface area (Å²) < 4.78 is 40.9. The Kier molecular flexibility index (Phi) is 5.55. The van der Waals surface area contributed by atoms with E-state index in [2.05, 4.69) is 0 Å². The molecule has 0 spiro atoms. The minimum Gasteiger partial charge on any atom is -0.492 e. The lowest BCUT2D eigenvalue weighted by atomic mass is 10.2. The van der Waals surface area contributed by atoms with Gasteiger partial charge in [-0.2, -0.15) is 13.2 Å². The van der Waals surface area contributed by atoms with E-state index >= 15 is 0 Å². The maximum atomic E-state index is 11.9. The third-order valence-corrected chi connectivity index (χ3v) is 2.97. The van der Waals surface area contributed by atoms with E-state index in [1.54, 1.807) is 12.1 Å². The van der Waals surface area contributed by atoms with Crippen LogP contribution in [0.4, 0.5) is 13.2 Å². The van der Waals surface area contributed by atoms with E-state index in [9.17, 15) is 13.2 Å². The molecule has 0 amide bonds. The molecule has 0 fully saturated rings. The largest absolute Gasteiger partial charge is 0.492 e. The fraction of sp³-hybridized carbons (Fsp3) is 0.300. The van der Waals surface area contributed by atoms with Crippen LogP contribution in [0.3, 0.4) is 0 Å². The summed E-state index contributed by atoms with van der Waals surface area (Å²) in [7, 11) is 0. The highest BCUT2D eigenvalue weighted by atomic mass is 35.5. The molecular weight excluding hydrogens is 307 g/mol. The average Bonchev–Trinajstić information content (AvgIpc) is 2.22. The van der Waals surface area contributed by atoms with Crippen molar-refractivity contribution in [2.45, 2.75) is 5.51 Å². The van der Waals surface area contributed by atoms with Crippen LogP contribution >= 0.6 is 35.6 Å². The van der Waals surface area contributed by atoms with Gasteiger partial charge >= 0.3 is 5.51 Å². The smallest absolute Gasteiger partial charge is 0.441 e. The number of hydrogen-bond donors (Lipinski definition) is 1. The molecule has 0 unspecified atom stereocenters. The number of benzene rings is 1. The first-order chi connectivity index (χ1) is 8.29. The number of ether oxygens (including phenoxy) is 1. The van der Waals surface area contributed by atoms with Gasteiger partial charge < -0.3 is 10.5 Å². The van der Waals surface area contributed by atoms with Crippen LogP contribution in [0.1, 0.15) is 5.56 Å². The lowest BCUT2D eigenvalue weighted by molar-refractivity contribution is -0.0329. The molecule has 0 bridgehead atoms. The molecule has 100 valence electrons. The van der Waals surface area contributed by atoms with Crippen LogP contribution in [0.2, 0.25) is 5.02 Å². The van der Waals surface area contributed by atoms with Crippen molar-refractivity contribution in [2.24, 2.45) is 5.73 Å². The van der Waals surface area contributed by atoms with E-state index in [-0.39, 0.29) is 34.9 Å². The molecule has 8 heteroatoms. The van der Waals surface area contributed by atoms with E-state index < -0.39 is 5.51 Å². The van der Waals surface area contributed by atoms with E-state index in [0.29, 0.717) is 10.6 Å².